The Labute approximate surface area is 203 Å². The minimum atomic E-state index is -0.500. The summed E-state index contributed by atoms with van der Waals surface area (Å²) in [5.41, 5.74) is 4.75. The number of esters is 1. The summed E-state index contributed by atoms with van der Waals surface area (Å²) in [6, 6.07) is 23.2. The molecule has 4 aromatic rings. The molecule has 3 heterocycles. The van der Waals surface area contributed by atoms with Crippen LogP contribution in [0.5, 0.6) is 0 Å². The molecule has 8 heteroatoms. The summed E-state index contributed by atoms with van der Waals surface area (Å²) >= 11 is 0. The van der Waals surface area contributed by atoms with Gasteiger partial charge in [0.25, 0.3) is 0 Å². The van der Waals surface area contributed by atoms with Crippen LogP contribution in [0.1, 0.15) is 35.5 Å². The van der Waals surface area contributed by atoms with Crippen LogP contribution < -0.4 is 5.32 Å². The molecule has 5 rings (SSSR count). The highest BCUT2D eigenvalue weighted by molar-refractivity contribution is 5.81. The van der Waals surface area contributed by atoms with Crippen LogP contribution in [0.25, 0.3) is 11.5 Å². The first-order valence-electron chi connectivity index (χ1n) is 11.6. The van der Waals surface area contributed by atoms with E-state index in [4.69, 9.17) is 9.84 Å². The molecule has 178 valence electrons. The molecule has 1 aliphatic heterocycles. The van der Waals surface area contributed by atoms with E-state index in [1.165, 1.54) is 7.11 Å². The second kappa shape index (κ2) is 9.50. The number of aryl methyl sites for hydroxylation is 1. The molecule has 1 unspecified atom stereocenters. The fourth-order valence-electron chi connectivity index (χ4n) is 4.66. The standard InChI is InChI=1S/C27H27N5O3/c1-3-22-21-18-31(27(34)28-17-24(33)35-2)25(19-11-6-4-7-12-19)23-15-10-16-30(23)26(21)32(29-22)20-13-8-5-9-14-20/h4-16,25H,3,17-18H2,1-2H3,(H,28,34). The number of hydrogen-bond donors (Lipinski definition) is 1. The Bertz CT molecular complexity index is 1340. The molecule has 0 bridgehead atoms. The van der Waals surface area contributed by atoms with Crippen LogP contribution in [-0.2, 0) is 22.5 Å². The largest absolute Gasteiger partial charge is 0.468 e. The Hall–Kier alpha value is -4.33. The van der Waals surface area contributed by atoms with Gasteiger partial charge in [-0.1, -0.05) is 55.5 Å². The van der Waals surface area contributed by atoms with Crippen LogP contribution in [0, 0.1) is 0 Å². The fraction of sp³-hybridized carbons (Fsp3) is 0.222. The van der Waals surface area contributed by atoms with E-state index in [-0.39, 0.29) is 18.6 Å². The van der Waals surface area contributed by atoms with E-state index in [1.807, 2.05) is 83.7 Å². The molecule has 2 aromatic carbocycles. The van der Waals surface area contributed by atoms with Gasteiger partial charge >= 0.3 is 12.0 Å². The van der Waals surface area contributed by atoms with Crippen LogP contribution in [0.15, 0.2) is 79.0 Å². The van der Waals surface area contributed by atoms with E-state index >= 15 is 0 Å². The van der Waals surface area contributed by atoms with Crippen molar-refractivity contribution in [1.82, 2.24) is 24.6 Å². The molecule has 0 saturated carbocycles. The molecule has 35 heavy (non-hydrogen) atoms. The van der Waals surface area contributed by atoms with Gasteiger partial charge in [0.05, 0.1) is 36.8 Å². The summed E-state index contributed by atoms with van der Waals surface area (Å²) in [6.45, 7) is 2.19. The Balaban J connectivity index is 1.70. The summed E-state index contributed by atoms with van der Waals surface area (Å²) in [4.78, 5) is 27.1. The highest BCUT2D eigenvalue weighted by Crippen LogP contribution is 2.38. The van der Waals surface area contributed by atoms with Gasteiger partial charge in [-0.25, -0.2) is 9.48 Å². The normalized spacial score (nSPS) is 14.6. The number of aromatic nitrogens is 3. The number of nitrogens with one attached hydrogen (secondary N) is 1. The quantitative estimate of drug-likeness (QED) is 0.448. The number of para-hydroxylation sites is 1. The van der Waals surface area contributed by atoms with E-state index in [0.29, 0.717) is 13.0 Å². The first-order chi connectivity index (χ1) is 17.1. The van der Waals surface area contributed by atoms with E-state index in [0.717, 1.165) is 34.0 Å². The van der Waals surface area contributed by atoms with E-state index < -0.39 is 5.97 Å². The molecule has 2 amide bonds. The van der Waals surface area contributed by atoms with Gasteiger partial charge in [0, 0.05) is 11.8 Å². The molecule has 8 nitrogen and oxygen atoms in total. The summed E-state index contributed by atoms with van der Waals surface area (Å²) in [6.07, 6.45) is 2.73. The number of hydrogen-bond acceptors (Lipinski definition) is 4. The Morgan fingerprint density at radius 1 is 1.03 bits per heavy atom. The summed E-state index contributed by atoms with van der Waals surface area (Å²) < 4.78 is 8.80. The van der Waals surface area contributed by atoms with Crippen LogP contribution in [-0.4, -0.2) is 44.9 Å². The third-order valence-corrected chi connectivity index (χ3v) is 6.29. The number of rotatable bonds is 5. The number of ether oxygens (including phenoxy) is 1. The molecule has 1 N–H and O–H groups in total. The number of methoxy groups -OCH3 is 1. The summed E-state index contributed by atoms with van der Waals surface area (Å²) in [5, 5.41) is 7.68. The van der Waals surface area contributed by atoms with Gasteiger partial charge < -0.3 is 19.5 Å². The molecule has 0 radical (unpaired) electrons. The lowest BCUT2D eigenvalue weighted by Crippen LogP contribution is -2.44. The number of carbonyl (C=O) groups excluding carboxylic acids is 2. The second-order valence-corrected chi connectivity index (χ2v) is 8.33. The number of fused-ring (bicyclic) bond motifs is 3. The smallest absolute Gasteiger partial charge is 0.325 e. The number of amides is 2. The number of nitrogens with zero attached hydrogens (tertiary/aromatic N) is 4. The van der Waals surface area contributed by atoms with Gasteiger partial charge in [-0.05, 0) is 36.2 Å². The lowest BCUT2D eigenvalue weighted by Gasteiger charge is -2.31. The van der Waals surface area contributed by atoms with Crippen molar-refractivity contribution in [2.24, 2.45) is 0 Å². The van der Waals surface area contributed by atoms with Gasteiger partial charge in [0.1, 0.15) is 12.4 Å². The Kier molecular flexibility index (Phi) is 6.10. The second-order valence-electron chi connectivity index (χ2n) is 8.33. The number of carbonyl (C=O) groups is 2. The van der Waals surface area contributed by atoms with Gasteiger partial charge in [-0.3, -0.25) is 4.79 Å². The van der Waals surface area contributed by atoms with Crippen molar-refractivity contribution >= 4 is 12.0 Å². The van der Waals surface area contributed by atoms with Crippen molar-refractivity contribution in [1.29, 1.82) is 0 Å². The van der Waals surface area contributed by atoms with Gasteiger partial charge in [-0.2, -0.15) is 5.10 Å². The van der Waals surface area contributed by atoms with Crippen LogP contribution in [0.4, 0.5) is 4.79 Å². The first kappa shape index (κ1) is 22.5. The van der Waals surface area contributed by atoms with E-state index in [9.17, 15) is 9.59 Å². The molecule has 2 aromatic heterocycles. The molecular weight excluding hydrogens is 442 g/mol. The molecule has 0 fully saturated rings. The minimum absolute atomic E-state index is 0.203. The average Bonchev–Trinajstić information content (AvgIpc) is 3.49. The van der Waals surface area contributed by atoms with Crippen molar-refractivity contribution < 1.29 is 14.3 Å². The highest BCUT2D eigenvalue weighted by atomic mass is 16.5. The minimum Gasteiger partial charge on any atom is -0.468 e. The molecule has 0 spiro atoms. The maximum atomic E-state index is 13.5. The maximum absolute atomic E-state index is 13.5. The van der Waals surface area contributed by atoms with Crippen molar-refractivity contribution in [2.75, 3.05) is 13.7 Å². The summed E-state index contributed by atoms with van der Waals surface area (Å²) in [7, 11) is 1.30. The zero-order valence-electron chi connectivity index (χ0n) is 19.7. The fourth-order valence-corrected chi connectivity index (χ4v) is 4.66. The van der Waals surface area contributed by atoms with Crippen LogP contribution in [0.3, 0.4) is 0 Å². The first-order valence-corrected chi connectivity index (χ1v) is 11.6. The maximum Gasteiger partial charge on any atom is 0.325 e. The zero-order chi connectivity index (χ0) is 24.4. The average molecular weight is 470 g/mol. The topological polar surface area (TPSA) is 81.4 Å². The predicted molar refractivity (Wildman–Crippen MR) is 132 cm³/mol. The third-order valence-electron chi connectivity index (χ3n) is 6.29. The van der Waals surface area contributed by atoms with Crippen molar-refractivity contribution in [3.63, 3.8) is 0 Å². The van der Waals surface area contributed by atoms with Crippen molar-refractivity contribution in [3.8, 4) is 11.5 Å². The van der Waals surface area contributed by atoms with Gasteiger partial charge in [-0.15, -0.1) is 0 Å². The molecule has 1 atom stereocenters. The zero-order valence-corrected chi connectivity index (χ0v) is 19.7. The van der Waals surface area contributed by atoms with Gasteiger partial charge in [0.15, 0.2) is 0 Å². The van der Waals surface area contributed by atoms with E-state index in [2.05, 4.69) is 16.8 Å². The SMILES string of the molecule is CCc1nn(-c2ccccc2)c2c1CN(C(=O)NCC(=O)OC)C(c1ccccc1)c1cccn1-2. The number of benzene rings is 2. The summed E-state index contributed by atoms with van der Waals surface area (Å²) in [5.74, 6) is 0.414. The predicted octanol–water partition coefficient (Wildman–Crippen LogP) is 4.01. The molecular formula is C27H27N5O3. The molecule has 1 aliphatic rings. The van der Waals surface area contributed by atoms with Crippen LogP contribution in [0.2, 0.25) is 0 Å². The van der Waals surface area contributed by atoms with E-state index in [1.54, 1.807) is 4.90 Å². The molecule has 0 aliphatic carbocycles. The van der Waals surface area contributed by atoms with Crippen LogP contribution >= 0.6 is 0 Å². The lowest BCUT2D eigenvalue weighted by molar-refractivity contribution is -0.139. The number of urea groups is 1. The Morgan fingerprint density at radius 2 is 1.74 bits per heavy atom. The Morgan fingerprint density at radius 3 is 2.43 bits per heavy atom. The third kappa shape index (κ3) is 4.07. The van der Waals surface area contributed by atoms with Crippen molar-refractivity contribution in [3.05, 3.63) is 102 Å². The highest BCUT2D eigenvalue weighted by Gasteiger charge is 2.36. The molecule has 0 saturated heterocycles. The van der Waals surface area contributed by atoms with Crippen molar-refractivity contribution in [2.45, 2.75) is 25.9 Å². The van der Waals surface area contributed by atoms with Gasteiger partial charge in [0.2, 0.25) is 0 Å². The monoisotopic (exact) mass is 469 g/mol. The lowest BCUT2D eigenvalue weighted by atomic mass is 10.0.